The van der Waals surface area contributed by atoms with Crippen LogP contribution >= 0.6 is 0 Å². The number of halogens is 2. The third kappa shape index (κ3) is 3.84. The van der Waals surface area contributed by atoms with Crippen molar-refractivity contribution < 1.29 is 18.3 Å². The van der Waals surface area contributed by atoms with Crippen LogP contribution in [0.2, 0.25) is 0 Å². The molecule has 160 valence electrons. The van der Waals surface area contributed by atoms with Crippen molar-refractivity contribution in [3.8, 4) is 22.7 Å². The topological polar surface area (TPSA) is 100 Å². The van der Waals surface area contributed by atoms with Gasteiger partial charge in [-0.2, -0.15) is 4.98 Å². The van der Waals surface area contributed by atoms with Gasteiger partial charge in [0.1, 0.15) is 11.6 Å². The van der Waals surface area contributed by atoms with Crippen LogP contribution in [0.1, 0.15) is 0 Å². The van der Waals surface area contributed by atoms with E-state index in [2.05, 4.69) is 20.4 Å². The van der Waals surface area contributed by atoms with E-state index >= 15 is 0 Å². The van der Waals surface area contributed by atoms with Gasteiger partial charge in [0.05, 0.1) is 30.5 Å². The Labute approximate surface area is 176 Å². The van der Waals surface area contributed by atoms with E-state index in [1.54, 1.807) is 38.5 Å². The number of nitrogen functional groups attached to an aromatic ring is 1. The Morgan fingerprint density at radius 1 is 1.06 bits per heavy atom. The average Bonchev–Trinajstić information content (AvgIpc) is 3.12. The van der Waals surface area contributed by atoms with Crippen LogP contribution in [0.15, 0.2) is 42.5 Å². The second-order valence-corrected chi connectivity index (χ2v) is 6.61. The van der Waals surface area contributed by atoms with Gasteiger partial charge < -0.3 is 20.5 Å². The number of benzene rings is 2. The molecule has 2 aromatic carbocycles. The summed E-state index contributed by atoms with van der Waals surface area (Å²) in [6, 6.07) is 10.9. The Morgan fingerprint density at radius 3 is 2.55 bits per heavy atom. The predicted octanol–water partition coefficient (Wildman–Crippen LogP) is 3.41. The van der Waals surface area contributed by atoms with Crippen molar-refractivity contribution in [2.45, 2.75) is 0 Å². The number of nitrogens with one attached hydrogen (secondary N) is 1. The number of rotatable bonds is 7. The number of hydrogen-bond donors (Lipinski definition) is 2. The highest BCUT2D eigenvalue weighted by molar-refractivity contribution is 5.99. The molecule has 0 saturated carbocycles. The van der Waals surface area contributed by atoms with Crippen LogP contribution in [0.4, 0.5) is 20.5 Å². The lowest BCUT2D eigenvalue weighted by Gasteiger charge is -2.09. The summed E-state index contributed by atoms with van der Waals surface area (Å²) in [7, 11) is 3.13. The van der Waals surface area contributed by atoms with E-state index in [0.717, 1.165) is 6.07 Å². The van der Waals surface area contributed by atoms with Crippen molar-refractivity contribution in [3.63, 3.8) is 0 Å². The molecule has 10 heteroatoms. The molecule has 0 aliphatic heterocycles. The first-order valence-corrected chi connectivity index (χ1v) is 9.41. The van der Waals surface area contributed by atoms with Crippen molar-refractivity contribution in [3.05, 3.63) is 54.1 Å². The summed E-state index contributed by atoms with van der Waals surface area (Å²) in [5.74, 6) is -0.947. The minimum Gasteiger partial charge on any atom is -0.497 e. The van der Waals surface area contributed by atoms with Crippen LogP contribution in [0.5, 0.6) is 5.75 Å². The van der Waals surface area contributed by atoms with Crippen LogP contribution in [0, 0.1) is 11.6 Å². The minimum atomic E-state index is -1.03. The number of ether oxygens (including phenoxy) is 2. The first-order valence-electron chi connectivity index (χ1n) is 9.41. The molecule has 2 aromatic heterocycles. The highest BCUT2D eigenvalue weighted by Gasteiger charge is 2.22. The van der Waals surface area contributed by atoms with Crippen LogP contribution in [0.25, 0.3) is 28.0 Å². The van der Waals surface area contributed by atoms with Crippen LogP contribution in [-0.4, -0.2) is 47.1 Å². The number of anilines is 2. The average molecular weight is 426 g/mol. The van der Waals surface area contributed by atoms with Gasteiger partial charge in [0.2, 0.25) is 5.95 Å². The molecule has 0 radical (unpaired) electrons. The van der Waals surface area contributed by atoms with Gasteiger partial charge in [-0.25, -0.2) is 18.4 Å². The van der Waals surface area contributed by atoms with Gasteiger partial charge >= 0.3 is 0 Å². The number of nitrogens with zero attached hydrogens (tertiary/aromatic N) is 4. The number of nitrogens with two attached hydrogens (primary N) is 1. The number of methoxy groups -OCH3 is 2. The molecule has 0 aliphatic carbocycles. The van der Waals surface area contributed by atoms with Crippen LogP contribution < -0.4 is 15.8 Å². The predicted molar refractivity (Wildman–Crippen MR) is 113 cm³/mol. The molecule has 0 aliphatic rings. The Bertz CT molecular complexity index is 1230. The van der Waals surface area contributed by atoms with E-state index in [1.165, 1.54) is 16.8 Å². The summed E-state index contributed by atoms with van der Waals surface area (Å²) in [4.78, 5) is 8.80. The largest absolute Gasteiger partial charge is 0.497 e. The maximum Gasteiger partial charge on any atom is 0.225 e. The van der Waals surface area contributed by atoms with Crippen molar-refractivity contribution in [2.24, 2.45) is 0 Å². The minimum absolute atomic E-state index is 0.0387. The van der Waals surface area contributed by atoms with E-state index in [0.29, 0.717) is 30.0 Å². The lowest BCUT2D eigenvalue weighted by molar-refractivity contribution is 0.210. The molecule has 31 heavy (non-hydrogen) atoms. The molecule has 4 rings (SSSR count). The molecule has 0 fully saturated rings. The Balaban J connectivity index is 1.92. The Hall–Kier alpha value is -3.79. The zero-order valence-electron chi connectivity index (χ0n) is 16.9. The van der Waals surface area contributed by atoms with Gasteiger partial charge in [-0.05, 0) is 36.4 Å². The van der Waals surface area contributed by atoms with Gasteiger partial charge in [0.15, 0.2) is 17.3 Å². The molecule has 2 heterocycles. The molecule has 3 N–H and O–H groups in total. The quantitative estimate of drug-likeness (QED) is 0.437. The van der Waals surface area contributed by atoms with E-state index in [-0.39, 0.29) is 28.7 Å². The molecule has 0 amide bonds. The standard InChI is InChI=1S/C21H20F2N6O2/c1-30-11-10-25-21-26-18(14-4-3-5-15(22)17(14)23)16-19(24)29(28-20(16)27-21)12-6-8-13(31-2)9-7-12/h3-9H,10-11,24H2,1-2H3,(H,25,27,28). The molecular formula is C21H20F2N6O2. The highest BCUT2D eigenvalue weighted by atomic mass is 19.2. The fraction of sp³-hybridized carbons (Fsp3) is 0.190. The lowest BCUT2D eigenvalue weighted by Crippen LogP contribution is -2.11. The molecule has 0 bridgehead atoms. The summed E-state index contributed by atoms with van der Waals surface area (Å²) in [6.45, 7) is 0.829. The zero-order valence-corrected chi connectivity index (χ0v) is 16.9. The number of aromatic nitrogens is 4. The lowest BCUT2D eigenvalue weighted by atomic mass is 10.1. The highest BCUT2D eigenvalue weighted by Crippen LogP contribution is 2.34. The Kier molecular flexibility index (Phi) is 5.63. The summed E-state index contributed by atoms with van der Waals surface area (Å²) >= 11 is 0. The second-order valence-electron chi connectivity index (χ2n) is 6.61. The Morgan fingerprint density at radius 2 is 1.84 bits per heavy atom. The molecule has 0 atom stereocenters. The van der Waals surface area contributed by atoms with E-state index < -0.39 is 11.6 Å². The van der Waals surface area contributed by atoms with Crippen molar-refractivity contribution in [2.75, 3.05) is 38.4 Å². The zero-order chi connectivity index (χ0) is 22.0. The SMILES string of the molecule is COCCNc1nc(-c2cccc(F)c2F)c2c(N)n(-c3ccc(OC)cc3)nc2n1. The first-order chi connectivity index (χ1) is 15.0. The fourth-order valence-electron chi connectivity index (χ4n) is 3.16. The van der Waals surface area contributed by atoms with E-state index in [9.17, 15) is 8.78 Å². The van der Waals surface area contributed by atoms with Crippen molar-refractivity contribution >= 4 is 22.8 Å². The third-order valence-electron chi connectivity index (χ3n) is 4.68. The summed E-state index contributed by atoms with van der Waals surface area (Å²) in [6.07, 6.45) is 0. The molecule has 0 spiro atoms. The van der Waals surface area contributed by atoms with Gasteiger partial charge in [0.25, 0.3) is 0 Å². The molecular weight excluding hydrogens is 406 g/mol. The van der Waals surface area contributed by atoms with Gasteiger partial charge in [-0.3, -0.25) is 0 Å². The normalized spacial score (nSPS) is 11.1. The maximum absolute atomic E-state index is 14.6. The molecule has 8 nitrogen and oxygen atoms in total. The van der Waals surface area contributed by atoms with E-state index in [1.807, 2.05) is 0 Å². The van der Waals surface area contributed by atoms with Crippen LogP contribution in [-0.2, 0) is 4.74 Å². The number of hydrogen-bond acceptors (Lipinski definition) is 7. The second kappa shape index (κ2) is 8.52. The molecule has 0 unspecified atom stereocenters. The van der Waals surface area contributed by atoms with Gasteiger partial charge in [0, 0.05) is 19.2 Å². The van der Waals surface area contributed by atoms with Crippen molar-refractivity contribution in [1.82, 2.24) is 19.7 Å². The first kappa shape index (κ1) is 20.5. The summed E-state index contributed by atoms with van der Waals surface area (Å²) in [5.41, 5.74) is 7.36. The number of fused-ring (bicyclic) bond motifs is 1. The fourth-order valence-corrected chi connectivity index (χ4v) is 3.16. The van der Waals surface area contributed by atoms with Crippen molar-refractivity contribution in [1.29, 1.82) is 0 Å². The van der Waals surface area contributed by atoms with Crippen LogP contribution in [0.3, 0.4) is 0 Å². The molecule has 4 aromatic rings. The summed E-state index contributed by atoms with van der Waals surface area (Å²) in [5, 5.41) is 7.79. The molecule has 0 saturated heterocycles. The maximum atomic E-state index is 14.6. The van der Waals surface area contributed by atoms with Gasteiger partial charge in [-0.1, -0.05) is 6.07 Å². The van der Waals surface area contributed by atoms with E-state index in [4.69, 9.17) is 15.2 Å². The third-order valence-corrected chi connectivity index (χ3v) is 4.68. The van der Waals surface area contributed by atoms with Gasteiger partial charge in [-0.15, -0.1) is 5.10 Å². The summed E-state index contributed by atoms with van der Waals surface area (Å²) < 4.78 is 40.3. The smallest absolute Gasteiger partial charge is 0.225 e. The monoisotopic (exact) mass is 426 g/mol.